The van der Waals surface area contributed by atoms with Crippen LogP contribution in [0.4, 0.5) is 0 Å². The van der Waals surface area contributed by atoms with Crippen LogP contribution in [-0.4, -0.2) is 24.3 Å². The Kier molecular flexibility index (Phi) is 3.87. The zero-order chi connectivity index (χ0) is 14.9. The van der Waals surface area contributed by atoms with Gasteiger partial charge in [-0.1, -0.05) is 19.1 Å². The Morgan fingerprint density at radius 2 is 2.00 bits per heavy atom. The highest BCUT2D eigenvalue weighted by Gasteiger charge is 2.36. The smallest absolute Gasteiger partial charge is 0.243 e. The van der Waals surface area contributed by atoms with Crippen LogP contribution in [0.5, 0.6) is 0 Å². The van der Waals surface area contributed by atoms with E-state index in [2.05, 4.69) is 11.9 Å². The fourth-order valence-electron chi connectivity index (χ4n) is 2.92. The van der Waals surface area contributed by atoms with Gasteiger partial charge in [-0.05, 0) is 49.1 Å². The van der Waals surface area contributed by atoms with Crippen LogP contribution in [0.3, 0.4) is 0 Å². The summed E-state index contributed by atoms with van der Waals surface area (Å²) in [5.41, 5.74) is 2.12. The molecule has 0 radical (unpaired) electrons. The largest absolute Gasteiger partial charge is 0.364 e. The van der Waals surface area contributed by atoms with Gasteiger partial charge >= 0.3 is 0 Å². The van der Waals surface area contributed by atoms with Crippen LogP contribution in [0, 0.1) is 0 Å². The summed E-state index contributed by atoms with van der Waals surface area (Å²) in [6.07, 6.45) is 4.52. The minimum absolute atomic E-state index is 0.0733. The molecule has 1 aromatic heterocycles. The Bertz CT molecular complexity index is 690. The molecule has 0 bridgehead atoms. The molecule has 2 aromatic rings. The maximum Gasteiger partial charge on any atom is 0.243 e. The highest BCUT2D eigenvalue weighted by atomic mass is 32.2. The lowest BCUT2D eigenvalue weighted by molar-refractivity contribution is 0.391. The third kappa shape index (κ3) is 2.63. The lowest BCUT2D eigenvalue weighted by Gasteiger charge is -2.23. The van der Waals surface area contributed by atoms with Gasteiger partial charge in [-0.2, -0.15) is 4.31 Å². The Hall–Kier alpha value is -1.59. The second-order valence-corrected chi connectivity index (χ2v) is 7.29. The minimum atomic E-state index is -3.43. The van der Waals surface area contributed by atoms with E-state index < -0.39 is 10.0 Å². The second-order valence-electron chi connectivity index (χ2n) is 5.40. The van der Waals surface area contributed by atoms with Crippen molar-refractivity contribution in [3.8, 4) is 0 Å². The number of rotatable bonds is 4. The van der Waals surface area contributed by atoms with Gasteiger partial charge in [-0.15, -0.1) is 0 Å². The van der Waals surface area contributed by atoms with Crippen LogP contribution in [-0.2, 0) is 16.4 Å². The number of H-pyrrole nitrogens is 1. The maximum atomic E-state index is 12.9. The molecule has 1 fully saturated rings. The van der Waals surface area contributed by atoms with Crippen molar-refractivity contribution in [2.24, 2.45) is 0 Å². The minimum Gasteiger partial charge on any atom is -0.364 e. The number of hydrogen-bond acceptors (Lipinski definition) is 2. The number of sulfonamides is 1. The van der Waals surface area contributed by atoms with Crippen molar-refractivity contribution in [3.05, 3.63) is 53.9 Å². The van der Waals surface area contributed by atoms with E-state index in [9.17, 15) is 8.42 Å². The third-order valence-electron chi connectivity index (χ3n) is 4.12. The van der Waals surface area contributed by atoms with Gasteiger partial charge in [-0.25, -0.2) is 8.42 Å². The van der Waals surface area contributed by atoms with Gasteiger partial charge in [0.1, 0.15) is 0 Å². The predicted molar refractivity (Wildman–Crippen MR) is 82.5 cm³/mol. The van der Waals surface area contributed by atoms with Crippen molar-refractivity contribution in [1.82, 2.24) is 9.29 Å². The molecule has 21 heavy (non-hydrogen) atoms. The highest BCUT2D eigenvalue weighted by Crippen LogP contribution is 2.35. The van der Waals surface area contributed by atoms with Gasteiger partial charge in [-0.3, -0.25) is 0 Å². The zero-order valence-corrected chi connectivity index (χ0v) is 12.9. The van der Waals surface area contributed by atoms with E-state index in [-0.39, 0.29) is 6.04 Å². The standard InChI is InChI=1S/C16H20N2O2S/c1-2-13-7-9-14(10-8-13)21(19,20)18-12-4-6-16(18)15-5-3-11-17-15/h3,5,7-11,16-17H,2,4,6,12H2,1H3. The molecule has 2 heterocycles. The van der Waals surface area contributed by atoms with Crippen molar-refractivity contribution in [3.63, 3.8) is 0 Å². The molecule has 1 atom stereocenters. The van der Waals surface area contributed by atoms with E-state index in [0.717, 1.165) is 30.5 Å². The summed E-state index contributed by atoms with van der Waals surface area (Å²) in [7, 11) is -3.43. The first-order valence-corrected chi connectivity index (χ1v) is 8.81. The number of nitrogens with one attached hydrogen (secondary N) is 1. The average Bonchev–Trinajstić information content (AvgIpc) is 3.17. The van der Waals surface area contributed by atoms with E-state index in [1.54, 1.807) is 16.4 Å². The van der Waals surface area contributed by atoms with Crippen LogP contribution >= 0.6 is 0 Å². The Balaban J connectivity index is 1.93. The zero-order valence-electron chi connectivity index (χ0n) is 12.1. The monoisotopic (exact) mass is 304 g/mol. The first-order valence-electron chi connectivity index (χ1n) is 7.37. The number of nitrogens with zero attached hydrogens (tertiary/aromatic N) is 1. The lowest BCUT2D eigenvalue weighted by atomic mass is 10.2. The van der Waals surface area contributed by atoms with E-state index in [1.807, 2.05) is 30.5 Å². The van der Waals surface area contributed by atoms with Crippen molar-refractivity contribution < 1.29 is 8.42 Å². The topological polar surface area (TPSA) is 53.2 Å². The second kappa shape index (κ2) is 5.66. The normalized spacial score (nSPS) is 20.0. The molecular formula is C16H20N2O2S. The number of aromatic amines is 1. The molecule has 5 heteroatoms. The summed E-state index contributed by atoms with van der Waals surface area (Å²) in [5, 5.41) is 0. The molecule has 1 aromatic carbocycles. The first-order chi connectivity index (χ1) is 10.1. The fraction of sp³-hybridized carbons (Fsp3) is 0.375. The summed E-state index contributed by atoms with van der Waals surface area (Å²) >= 11 is 0. The van der Waals surface area contributed by atoms with E-state index in [4.69, 9.17) is 0 Å². The quantitative estimate of drug-likeness (QED) is 0.943. The average molecular weight is 304 g/mol. The van der Waals surface area contributed by atoms with Crippen LogP contribution in [0.2, 0.25) is 0 Å². The summed E-state index contributed by atoms with van der Waals surface area (Å²) in [4.78, 5) is 3.53. The van der Waals surface area contributed by atoms with Gasteiger partial charge in [0.2, 0.25) is 10.0 Å². The third-order valence-corrected chi connectivity index (χ3v) is 6.05. The van der Waals surface area contributed by atoms with Gasteiger partial charge < -0.3 is 4.98 Å². The van der Waals surface area contributed by atoms with Crippen LogP contribution in [0.1, 0.15) is 37.1 Å². The molecule has 1 aliphatic rings. The Labute approximate surface area is 125 Å². The van der Waals surface area contributed by atoms with Crippen molar-refractivity contribution >= 4 is 10.0 Å². The van der Waals surface area contributed by atoms with Gasteiger partial charge in [0.25, 0.3) is 0 Å². The van der Waals surface area contributed by atoms with Crippen molar-refractivity contribution in [2.75, 3.05) is 6.54 Å². The molecule has 0 aliphatic carbocycles. The molecule has 4 nitrogen and oxygen atoms in total. The van der Waals surface area contributed by atoms with Gasteiger partial charge in [0.15, 0.2) is 0 Å². The summed E-state index contributed by atoms with van der Waals surface area (Å²) in [6.45, 7) is 2.65. The van der Waals surface area contributed by atoms with Crippen LogP contribution in [0.25, 0.3) is 0 Å². The first kappa shape index (κ1) is 14.4. The highest BCUT2D eigenvalue weighted by molar-refractivity contribution is 7.89. The molecule has 0 amide bonds. The Morgan fingerprint density at radius 1 is 1.24 bits per heavy atom. The summed E-state index contributed by atoms with van der Waals surface area (Å²) in [6, 6.07) is 11.0. The molecular weight excluding hydrogens is 284 g/mol. The SMILES string of the molecule is CCc1ccc(S(=O)(=O)N2CCCC2c2ccc[nH]2)cc1. The number of aromatic nitrogens is 1. The number of hydrogen-bond donors (Lipinski definition) is 1. The van der Waals surface area contributed by atoms with Gasteiger partial charge in [0, 0.05) is 18.4 Å². The van der Waals surface area contributed by atoms with Crippen molar-refractivity contribution in [1.29, 1.82) is 0 Å². The Morgan fingerprint density at radius 3 is 2.62 bits per heavy atom. The van der Waals surface area contributed by atoms with E-state index in [1.165, 1.54) is 0 Å². The van der Waals surface area contributed by atoms with Crippen molar-refractivity contribution in [2.45, 2.75) is 37.1 Å². The van der Waals surface area contributed by atoms with E-state index >= 15 is 0 Å². The van der Waals surface area contributed by atoms with Gasteiger partial charge in [0.05, 0.1) is 10.9 Å². The molecule has 1 unspecified atom stereocenters. The van der Waals surface area contributed by atoms with Crippen LogP contribution in [0.15, 0.2) is 47.5 Å². The predicted octanol–water partition coefficient (Wildman–Crippen LogP) is 3.10. The summed E-state index contributed by atoms with van der Waals surface area (Å²) < 4.78 is 27.3. The fourth-order valence-corrected chi connectivity index (χ4v) is 4.60. The maximum absolute atomic E-state index is 12.9. The molecule has 1 N–H and O–H groups in total. The van der Waals surface area contributed by atoms with Crippen LogP contribution < -0.4 is 0 Å². The molecule has 1 saturated heterocycles. The number of benzene rings is 1. The molecule has 3 rings (SSSR count). The molecule has 1 aliphatic heterocycles. The summed E-state index contributed by atoms with van der Waals surface area (Å²) in [5.74, 6) is 0. The molecule has 0 saturated carbocycles. The number of aryl methyl sites for hydroxylation is 1. The molecule has 112 valence electrons. The lowest BCUT2D eigenvalue weighted by Crippen LogP contribution is -2.30. The van der Waals surface area contributed by atoms with E-state index in [0.29, 0.717) is 11.4 Å². The molecule has 0 spiro atoms.